The normalized spacial score (nSPS) is 12.0. The summed E-state index contributed by atoms with van der Waals surface area (Å²) < 4.78 is 0. The largest absolute Gasteiger partial charge is 0.508 e. The van der Waals surface area contributed by atoms with E-state index in [0.29, 0.717) is 0 Å². The maximum absolute atomic E-state index is 12.0. The first-order valence-corrected chi connectivity index (χ1v) is 7.50. The van der Waals surface area contributed by atoms with Crippen molar-refractivity contribution >= 4 is 18.0 Å². The van der Waals surface area contributed by atoms with Crippen molar-refractivity contribution in [1.29, 1.82) is 0 Å². The molecule has 0 bridgehead atoms. The number of phenols is 1. The minimum Gasteiger partial charge on any atom is -0.508 e. The number of carboxylic acids is 1. The third kappa shape index (κ3) is 4.98. The first-order valence-electron chi connectivity index (χ1n) is 7.50. The number of nitrogens with one attached hydrogen (secondary N) is 1. The van der Waals surface area contributed by atoms with Gasteiger partial charge in [-0.1, -0.05) is 36.4 Å². The fourth-order valence-corrected chi connectivity index (χ4v) is 2.28. The molecule has 0 fully saturated rings. The Balaban J connectivity index is 2.04. The molecule has 0 spiro atoms. The zero-order valence-electron chi connectivity index (χ0n) is 13.3. The van der Waals surface area contributed by atoms with Crippen LogP contribution in [0.2, 0.25) is 0 Å². The van der Waals surface area contributed by atoms with Crippen LogP contribution in [-0.4, -0.2) is 28.1 Å². The van der Waals surface area contributed by atoms with E-state index in [-0.39, 0.29) is 12.2 Å². The Hall–Kier alpha value is -3.08. The van der Waals surface area contributed by atoms with Crippen LogP contribution in [0.3, 0.4) is 0 Å². The van der Waals surface area contributed by atoms with Crippen molar-refractivity contribution in [2.75, 3.05) is 0 Å². The highest BCUT2D eigenvalue weighted by molar-refractivity contribution is 5.94. The molecule has 2 aromatic rings. The van der Waals surface area contributed by atoms with Crippen LogP contribution in [0.1, 0.15) is 16.7 Å². The maximum Gasteiger partial charge on any atom is 0.326 e. The van der Waals surface area contributed by atoms with Gasteiger partial charge in [0.25, 0.3) is 0 Å². The van der Waals surface area contributed by atoms with Crippen LogP contribution in [0.15, 0.2) is 54.6 Å². The molecule has 2 rings (SSSR count). The van der Waals surface area contributed by atoms with Gasteiger partial charge in [0.2, 0.25) is 5.91 Å². The summed E-state index contributed by atoms with van der Waals surface area (Å²) in [6, 6.07) is 12.9. The summed E-state index contributed by atoms with van der Waals surface area (Å²) in [6.07, 6.45) is 3.08. The maximum atomic E-state index is 12.0. The number of aliphatic carboxylic acids is 1. The van der Waals surface area contributed by atoms with Crippen molar-refractivity contribution in [3.8, 4) is 5.75 Å². The van der Waals surface area contributed by atoms with Crippen molar-refractivity contribution < 1.29 is 19.8 Å². The van der Waals surface area contributed by atoms with Gasteiger partial charge in [0.05, 0.1) is 0 Å². The van der Waals surface area contributed by atoms with Gasteiger partial charge in [0.1, 0.15) is 11.8 Å². The smallest absolute Gasteiger partial charge is 0.326 e. The van der Waals surface area contributed by atoms with Crippen molar-refractivity contribution in [3.63, 3.8) is 0 Å². The Kier molecular flexibility index (Phi) is 5.73. The van der Waals surface area contributed by atoms with Gasteiger partial charge in [-0.15, -0.1) is 0 Å². The number of benzene rings is 2. The molecule has 0 heterocycles. The Bertz CT molecular complexity index is 753. The van der Waals surface area contributed by atoms with E-state index in [9.17, 15) is 19.8 Å². The standard InChI is InChI=1S/C19H19NO4/c1-13-11-16(21)9-8-15(13)12-17(19(23)24)20-18(22)10-7-14-5-3-2-4-6-14/h2-11,17,21H,12H2,1H3,(H,20,22)(H,23,24)/t17-/m0/s1. The van der Waals surface area contributed by atoms with Crippen molar-refractivity contribution in [3.05, 3.63) is 71.3 Å². The van der Waals surface area contributed by atoms with Crippen LogP contribution in [0, 0.1) is 6.92 Å². The van der Waals surface area contributed by atoms with E-state index in [1.165, 1.54) is 12.1 Å². The highest BCUT2D eigenvalue weighted by Crippen LogP contribution is 2.17. The summed E-state index contributed by atoms with van der Waals surface area (Å²) in [4.78, 5) is 23.4. The van der Waals surface area contributed by atoms with Crippen molar-refractivity contribution in [2.45, 2.75) is 19.4 Å². The molecular weight excluding hydrogens is 306 g/mol. The average molecular weight is 325 g/mol. The lowest BCUT2D eigenvalue weighted by Crippen LogP contribution is -2.41. The molecule has 5 heteroatoms. The molecule has 0 radical (unpaired) electrons. The molecule has 0 saturated carbocycles. The SMILES string of the molecule is Cc1cc(O)ccc1C[C@H](NC(=O)C=Cc1ccccc1)C(=O)O. The number of carbonyl (C=O) groups excluding carboxylic acids is 1. The topological polar surface area (TPSA) is 86.6 Å². The molecule has 24 heavy (non-hydrogen) atoms. The highest BCUT2D eigenvalue weighted by atomic mass is 16.4. The molecular formula is C19H19NO4. The first-order chi connectivity index (χ1) is 11.5. The molecule has 0 aliphatic carbocycles. The van der Waals surface area contributed by atoms with Gasteiger partial charge < -0.3 is 15.5 Å². The van der Waals surface area contributed by atoms with E-state index in [1.807, 2.05) is 30.3 Å². The molecule has 0 aromatic heterocycles. The van der Waals surface area contributed by atoms with E-state index in [4.69, 9.17) is 0 Å². The monoisotopic (exact) mass is 325 g/mol. The molecule has 0 aliphatic rings. The number of carbonyl (C=O) groups is 2. The van der Waals surface area contributed by atoms with Gasteiger partial charge in [-0.2, -0.15) is 0 Å². The third-order valence-electron chi connectivity index (χ3n) is 3.59. The van der Waals surface area contributed by atoms with Gasteiger partial charge in [-0.25, -0.2) is 4.79 Å². The van der Waals surface area contributed by atoms with Crippen LogP contribution in [0.25, 0.3) is 6.08 Å². The van der Waals surface area contributed by atoms with E-state index >= 15 is 0 Å². The lowest BCUT2D eigenvalue weighted by atomic mass is 10.0. The number of amides is 1. The summed E-state index contributed by atoms with van der Waals surface area (Å²) in [5.74, 6) is -1.45. The van der Waals surface area contributed by atoms with E-state index in [0.717, 1.165) is 16.7 Å². The fourth-order valence-electron chi connectivity index (χ4n) is 2.28. The Morgan fingerprint density at radius 1 is 1.17 bits per heavy atom. The van der Waals surface area contributed by atoms with Gasteiger partial charge in [-0.3, -0.25) is 4.79 Å². The zero-order valence-corrected chi connectivity index (χ0v) is 13.3. The molecule has 124 valence electrons. The summed E-state index contributed by atoms with van der Waals surface area (Å²) in [7, 11) is 0. The predicted molar refractivity (Wildman–Crippen MR) is 91.6 cm³/mol. The third-order valence-corrected chi connectivity index (χ3v) is 3.59. The number of aryl methyl sites for hydroxylation is 1. The van der Waals surface area contributed by atoms with Crippen LogP contribution in [0.4, 0.5) is 0 Å². The lowest BCUT2D eigenvalue weighted by molar-refractivity contribution is -0.141. The quantitative estimate of drug-likeness (QED) is 0.712. The van der Waals surface area contributed by atoms with Gasteiger partial charge in [0.15, 0.2) is 0 Å². The number of rotatable bonds is 6. The molecule has 5 nitrogen and oxygen atoms in total. The molecule has 2 aromatic carbocycles. The number of carboxylic acid groups (broad SMARTS) is 1. The highest BCUT2D eigenvalue weighted by Gasteiger charge is 2.20. The number of hydrogen-bond donors (Lipinski definition) is 3. The van der Waals surface area contributed by atoms with Crippen molar-refractivity contribution in [1.82, 2.24) is 5.32 Å². The first kappa shape index (κ1) is 17.3. The fraction of sp³-hybridized carbons (Fsp3) is 0.158. The Morgan fingerprint density at radius 2 is 1.88 bits per heavy atom. The number of aromatic hydroxyl groups is 1. The van der Waals surface area contributed by atoms with Gasteiger partial charge in [-0.05, 0) is 41.8 Å². The Labute approximate surface area is 140 Å². The molecule has 0 unspecified atom stereocenters. The summed E-state index contributed by atoms with van der Waals surface area (Å²) in [5, 5.41) is 21.2. The lowest BCUT2D eigenvalue weighted by Gasteiger charge is -2.15. The average Bonchev–Trinajstić information content (AvgIpc) is 2.55. The van der Waals surface area contributed by atoms with E-state index < -0.39 is 17.9 Å². The number of hydrogen-bond acceptors (Lipinski definition) is 3. The van der Waals surface area contributed by atoms with Crippen LogP contribution in [-0.2, 0) is 16.0 Å². The minimum absolute atomic E-state index is 0.123. The second-order valence-corrected chi connectivity index (χ2v) is 5.46. The van der Waals surface area contributed by atoms with E-state index in [1.54, 1.807) is 25.1 Å². The predicted octanol–water partition coefficient (Wildman–Crippen LogP) is 2.53. The summed E-state index contributed by atoms with van der Waals surface area (Å²) in [5.41, 5.74) is 2.39. The number of phenolic OH excluding ortho intramolecular Hbond substituents is 1. The molecule has 1 amide bonds. The second-order valence-electron chi connectivity index (χ2n) is 5.46. The molecule has 0 aliphatic heterocycles. The Morgan fingerprint density at radius 3 is 2.50 bits per heavy atom. The van der Waals surface area contributed by atoms with Crippen molar-refractivity contribution in [2.24, 2.45) is 0 Å². The molecule has 0 saturated heterocycles. The van der Waals surface area contributed by atoms with Crippen LogP contribution < -0.4 is 5.32 Å². The zero-order chi connectivity index (χ0) is 17.5. The van der Waals surface area contributed by atoms with Crippen LogP contribution >= 0.6 is 0 Å². The second kappa shape index (κ2) is 7.97. The van der Waals surface area contributed by atoms with Gasteiger partial charge >= 0.3 is 5.97 Å². The minimum atomic E-state index is -1.11. The van der Waals surface area contributed by atoms with E-state index in [2.05, 4.69) is 5.32 Å². The van der Waals surface area contributed by atoms with Crippen LogP contribution in [0.5, 0.6) is 5.75 Å². The summed E-state index contributed by atoms with van der Waals surface area (Å²) >= 11 is 0. The van der Waals surface area contributed by atoms with Gasteiger partial charge in [0, 0.05) is 12.5 Å². The summed E-state index contributed by atoms with van der Waals surface area (Å²) in [6.45, 7) is 1.78. The molecule has 3 N–H and O–H groups in total. The molecule has 1 atom stereocenters.